The molecule has 0 radical (unpaired) electrons. The summed E-state index contributed by atoms with van der Waals surface area (Å²) in [5.74, 6) is 1.66. The Morgan fingerprint density at radius 2 is 2.22 bits per heavy atom. The average molecular weight is 352 g/mol. The minimum absolute atomic E-state index is 0.0661. The van der Waals surface area contributed by atoms with E-state index in [-0.39, 0.29) is 11.8 Å². The van der Waals surface area contributed by atoms with Crippen LogP contribution in [0.3, 0.4) is 0 Å². The van der Waals surface area contributed by atoms with Crippen LogP contribution in [0.5, 0.6) is 0 Å². The van der Waals surface area contributed by atoms with E-state index in [4.69, 9.17) is 11.6 Å². The molecule has 7 heteroatoms. The van der Waals surface area contributed by atoms with Gasteiger partial charge >= 0.3 is 0 Å². The molecule has 5 nitrogen and oxygen atoms in total. The topological polar surface area (TPSA) is 64.0 Å². The highest BCUT2D eigenvalue weighted by Gasteiger charge is 2.28. The molecule has 1 aromatic heterocycles. The van der Waals surface area contributed by atoms with E-state index in [0.29, 0.717) is 28.8 Å². The Balaban J connectivity index is 2.01. The lowest BCUT2D eigenvalue weighted by Crippen LogP contribution is -2.17. The minimum atomic E-state index is -0.946. The number of hydrogen-bond donors (Lipinski definition) is 1. The lowest BCUT2D eigenvalue weighted by molar-refractivity contribution is -0.116. The summed E-state index contributed by atoms with van der Waals surface area (Å²) in [5, 5.41) is 8.08. The number of carbonyl (C=O) groups is 1. The van der Waals surface area contributed by atoms with Gasteiger partial charge < -0.3 is 5.32 Å². The summed E-state index contributed by atoms with van der Waals surface area (Å²) in [5.41, 5.74) is 2.42. The van der Waals surface area contributed by atoms with Gasteiger partial charge in [0, 0.05) is 27.8 Å². The van der Waals surface area contributed by atoms with Crippen molar-refractivity contribution in [1.82, 2.24) is 9.78 Å². The molecular weight excluding hydrogens is 334 g/mol. The van der Waals surface area contributed by atoms with Crippen molar-refractivity contribution in [2.45, 2.75) is 31.8 Å². The van der Waals surface area contributed by atoms with Gasteiger partial charge in [-0.3, -0.25) is 9.00 Å². The maximum absolute atomic E-state index is 12.2. The zero-order valence-electron chi connectivity index (χ0n) is 13.0. The van der Waals surface area contributed by atoms with Crippen molar-refractivity contribution in [3.63, 3.8) is 0 Å². The molecule has 1 aliphatic rings. The monoisotopic (exact) mass is 351 g/mol. The van der Waals surface area contributed by atoms with Crippen molar-refractivity contribution in [3.05, 3.63) is 40.5 Å². The fourth-order valence-electron chi connectivity index (χ4n) is 2.60. The number of hydrogen-bond acceptors (Lipinski definition) is 3. The van der Waals surface area contributed by atoms with Crippen molar-refractivity contribution < 1.29 is 9.00 Å². The lowest BCUT2D eigenvalue weighted by atomic mass is 10.1. The number of nitrogens with one attached hydrogen (secondary N) is 1. The molecule has 1 N–H and O–H groups in total. The molecule has 122 valence electrons. The van der Waals surface area contributed by atoms with Gasteiger partial charge in [-0.1, -0.05) is 31.5 Å². The summed E-state index contributed by atoms with van der Waals surface area (Å²) in [6, 6.07) is 7.29. The van der Waals surface area contributed by atoms with Crippen molar-refractivity contribution >= 4 is 34.1 Å². The van der Waals surface area contributed by atoms with Gasteiger partial charge in [0.25, 0.3) is 0 Å². The molecule has 0 aliphatic carbocycles. The van der Waals surface area contributed by atoms with Gasteiger partial charge in [-0.2, -0.15) is 5.10 Å². The van der Waals surface area contributed by atoms with Crippen LogP contribution >= 0.6 is 11.6 Å². The summed E-state index contributed by atoms with van der Waals surface area (Å²) in [4.78, 5) is 12.2. The molecule has 0 fully saturated rings. The quantitative estimate of drug-likeness (QED) is 0.919. The van der Waals surface area contributed by atoms with Crippen molar-refractivity contribution in [2.75, 3.05) is 5.32 Å². The van der Waals surface area contributed by atoms with E-state index in [1.165, 1.54) is 0 Å². The standard InChI is InChI=1S/C16H18ClN3O2S/c1-10(2)6-15(21)18-16-13-8-23(22)9-14(13)19-20(16)12-5-3-4-11(17)7-12/h3-5,7,10H,6,8-9H2,1-2H3,(H,18,21). The summed E-state index contributed by atoms with van der Waals surface area (Å²) in [7, 11) is -0.946. The molecule has 23 heavy (non-hydrogen) atoms. The SMILES string of the molecule is CC(C)CC(=O)Nc1c2c(nn1-c1cccc(Cl)c1)CS(=O)C2. The molecule has 0 saturated carbocycles. The third-order valence-electron chi connectivity index (χ3n) is 3.57. The van der Waals surface area contributed by atoms with Crippen LogP contribution in [0.2, 0.25) is 5.02 Å². The van der Waals surface area contributed by atoms with Crippen LogP contribution in [0.25, 0.3) is 5.69 Å². The molecule has 1 amide bonds. The highest BCUT2D eigenvalue weighted by Crippen LogP contribution is 2.32. The largest absolute Gasteiger partial charge is 0.310 e. The maximum Gasteiger partial charge on any atom is 0.225 e. The van der Waals surface area contributed by atoms with E-state index in [0.717, 1.165) is 16.9 Å². The lowest BCUT2D eigenvalue weighted by Gasteiger charge is -2.12. The number of halogens is 1. The molecule has 0 spiro atoms. The second-order valence-corrected chi connectivity index (χ2v) is 7.93. The first-order valence-corrected chi connectivity index (χ1v) is 9.32. The summed E-state index contributed by atoms with van der Waals surface area (Å²) < 4.78 is 13.5. The van der Waals surface area contributed by atoms with Gasteiger partial charge in [0.1, 0.15) is 5.82 Å². The number of rotatable bonds is 4. The molecule has 2 aromatic rings. The van der Waals surface area contributed by atoms with E-state index in [1.807, 2.05) is 26.0 Å². The van der Waals surface area contributed by atoms with Gasteiger partial charge in [0.15, 0.2) is 0 Å². The van der Waals surface area contributed by atoms with Crippen LogP contribution in [0.15, 0.2) is 24.3 Å². The Morgan fingerprint density at radius 1 is 1.43 bits per heavy atom. The van der Waals surface area contributed by atoms with Crippen molar-refractivity contribution in [1.29, 1.82) is 0 Å². The minimum Gasteiger partial charge on any atom is -0.310 e. The van der Waals surface area contributed by atoms with Gasteiger partial charge in [-0.25, -0.2) is 4.68 Å². The Morgan fingerprint density at radius 3 is 2.91 bits per heavy atom. The van der Waals surface area contributed by atoms with E-state index < -0.39 is 10.8 Å². The van der Waals surface area contributed by atoms with Gasteiger partial charge in [-0.15, -0.1) is 0 Å². The molecule has 3 rings (SSSR count). The number of aromatic nitrogens is 2. The maximum atomic E-state index is 12.2. The highest BCUT2D eigenvalue weighted by molar-refractivity contribution is 7.83. The molecule has 0 bridgehead atoms. The van der Waals surface area contributed by atoms with Crippen LogP contribution in [-0.4, -0.2) is 19.9 Å². The molecule has 1 atom stereocenters. The van der Waals surface area contributed by atoms with E-state index in [9.17, 15) is 9.00 Å². The Hall–Kier alpha value is -1.66. The summed E-state index contributed by atoms with van der Waals surface area (Å²) in [6.45, 7) is 3.99. The van der Waals surface area contributed by atoms with Crippen molar-refractivity contribution in [3.8, 4) is 5.69 Å². The first kappa shape index (κ1) is 16.2. The van der Waals surface area contributed by atoms with Crippen LogP contribution in [0, 0.1) is 5.92 Å². The summed E-state index contributed by atoms with van der Waals surface area (Å²) >= 11 is 6.06. The first-order chi connectivity index (χ1) is 10.9. The third-order valence-corrected chi connectivity index (χ3v) is 5.02. The van der Waals surface area contributed by atoms with Crippen LogP contribution in [0.1, 0.15) is 31.5 Å². The zero-order chi connectivity index (χ0) is 16.6. The van der Waals surface area contributed by atoms with Gasteiger partial charge in [0.05, 0.1) is 22.9 Å². The number of nitrogens with zero attached hydrogens (tertiary/aromatic N) is 2. The van der Waals surface area contributed by atoms with Gasteiger partial charge in [-0.05, 0) is 24.1 Å². The number of amides is 1. The fraction of sp³-hybridized carbons (Fsp3) is 0.375. The molecule has 0 saturated heterocycles. The van der Waals surface area contributed by atoms with Crippen LogP contribution in [0.4, 0.5) is 5.82 Å². The van der Waals surface area contributed by atoms with Crippen LogP contribution < -0.4 is 5.32 Å². The predicted octanol–water partition coefficient (Wildman–Crippen LogP) is 3.27. The zero-order valence-corrected chi connectivity index (χ0v) is 14.6. The first-order valence-electron chi connectivity index (χ1n) is 7.45. The Kier molecular flexibility index (Phi) is 4.55. The van der Waals surface area contributed by atoms with E-state index in [2.05, 4.69) is 10.4 Å². The highest BCUT2D eigenvalue weighted by atomic mass is 35.5. The molecule has 2 heterocycles. The Labute approximate surface area is 142 Å². The second-order valence-electron chi connectivity index (χ2n) is 6.04. The van der Waals surface area contributed by atoms with E-state index >= 15 is 0 Å². The smallest absolute Gasteiger partial charge is 0.225 e. The average Bonchev–Trinajstić information content (AvgIpc) is 2.96. The van der Waals surface area contributed by atoms with Crippen LogP contribution in [-0.2, 0) is 27.1 Å². The fourth-order valence-corrected chi connectivity index (χ4v) is 4.05. The number of carbonyl (C=O) groups excluding carboxylic acids is 1. The molecular formula is C16H18ClN3O2S. The Bertz CT molecular complexity index is 786. The normalized spacial score (nSPS) is 16.6. The number of fused-ring (bicyclic) bond motifs is 1. The molecule has 1 unspecified atom stereocenters. The van der Waals surface area contributed by atoms with Gasteiger partial charge in [0.2, 0.25) is 5.91 Å². The molecule has 1 aromatic carbocycles. The van der Waals surface area contributed by atoms with E-state index in [1.54, 1.807) is 16.8 Å². The molecule has 1 aliphatic heterocycles. The number of benzene rings is 1. The third kappa shape index (κ3) is 3.48. The number of anilines is 1. The summed E-state index contributed by atoms with van der Waals surface area (Å²) in [6.07, 6.45) is 0.429. The van der Waals surface area contributed by atoms with Crippen molar-refractivity contribution in [2.24, 2.45) is 5.92 Å². The predicted molar refractivity (Wildman–Crippen MR) is 92.2 cm³/mol. The second kappa shape index (κ2) is 6.45.